The van der Waals surface area contributed by atoms with Crippen molar-refractivity contribution >= 4 is 12.0 Å². The first-order valence-electron chi connectivity index (χ1n) is 8.31. The van der Waals surface area contributed by atoms with Crippen molar-refractivity contribution in [1.82, 2.24) is 9.80 Å². The predicted octanol–water partition coefficient (Wildman–Crippen LogP) is 2.32. The van der Waals surface area contributed by atoms with Gasteiger partial charge < -0.3 is 14.9 Å². The number of carbonyl (C=O) groups is 2. The molecule has 1 aliphatic carbocycles. The van der Waals surface area contributed by atoms with Gasteiger partial charge in [-0.25, -0.2) is 4.79 Å². The van der Waals surface area contributed by atoms with Gasteiger partial charge in [-0.15, -0.1) is 0 Å². The van der Waals surface area contributed by atoms with Crippen LogP contribution < -0.4 is 0 Å². The molecule has 1 aromatic rings. The van der Waals surface area contributed by atoms with E-state index >= 15 is 0 Å². The van der Waals surface area contributed by atoms with E-state index in [4.69, 9.17) is 5.11 Å². The van der Waals surface area contributed by atoms with Crippen LogP contribution in [0.25, 0.3) is 0 Å². The fraction of sp³-hybridized carbons (Fsp3) is 0.556. The van der Waals surface area contributed by atoms with E-state index in [0.29, 0.717) is 31.5 Å². The highest BCUT2D eigenvalue weighted by Crippen LogP contribution is 2.41. The standard InChI is InChI=1S/C18H24N2O3/c1-19(8-7-13-5-3-2-4-6-13)18(23)20-11-15-9-14(17(21)22)10-16(15)12-20/h2-6,14-16H,7-12H2,1H3,(H,21,22)/t14?,15-,16+. The largest absolute Gasteiger partial charge is 0.481 e. The summed E-state index contributed by atoms with van der Waals surface area (Å²) in [7, 11) is 1.85. The van der Waals surface area contributed by atoms with Crippen LogP contribution in [-0.4, -0.2) is 53.6 Å². The zero-order chi connectivity index (χ0) is 16.4. The van der Waals surface area contributed by atoms with Crippen molar-refractivity contribution in [2.24, 2.45) is 17.8 Å². The Labute approximate surface area is 136 Å². The third kappa shape index (κ3) is 3.49. The van der Waals surface area contributed by atoms with Crippen molar-refractivity contribution in [3.8, 4) is 0 Å². The lowest BCUT2D eigenvalue weighted by atomic mass is 10.0. The SMILES string of the molecule is CN(CCc1ccccc1)C(=O)N1C[C@H]2CC(C(=O)O)C[C@H]2C1. The molecule has 1 saturated carbocycles. The molecule has 5 nitrogen and oxygen atoms in total. The van der Waals surface area contributed by atoms with Gasteiger partial charge in [0.15, 0.2) is 0 Å². The zero-order valence-electron chi connectivity index (χ0n) is 13.5. The van der Waals surface area contributed by atoms with Gasteiger partial charge in [-0.1, -0.05) is 30.3 Å². The van der Waals surface area contributed by atoms with Gasteiger partial charge in [0, 0.05) is 26.7 Å². The Morgan fingerprint density at radius 2 is 1.78 bits per heavy atom. The number of amides is 2. The number of fused-ring (bicyclic) bond motifs is 1. The average molecular weight is 316 g/mol. The second-order valence-electron chi connectivity index (χ2n) is 6.87. The molecule has 1 aliphatic heterocycles. The molecule has 1 saturated heterocycles. The van der Waals surface area contributed by atoms with E-state index in [1.807, 2.05) is 30.1 Å². The number of carboxylic acid groups (broad SMARTS) is 1. The van der Waals surface area contributed by atoms with Crippen LogP contribution in [0, 0.1) is 17.8 Å². The van der Waals surface area contributed by atoms with Crippen LogP contribution in [0.5, 0.6) is 0 Å². The fourth-order valence-corrected chi connectivity index (χ4v) is 3.94. The minimum atomic E-state index is -0.683. The normalized spacial score (nSPS) is 26.1. The molecule has 0 radical (unpaired) electrons. The van der Waals surface area contributed by atoms with Crippen LogP contribution in [0.1, 0.15) is 18.4 Å². The summed E-state index contributed by atoms with van der Waals surface area (Å²) in [5.74, 6) is -0.166. The van der Waals surface area contributed by atoms with E-state index in [1.165, 1.54) is 5.56 Å². The van der Waals surface area contributed by atoms with Crippen LogP contribution >= 0.6 is 0 Å². The monoisotopic (exact) mass is 316 g/mol. The molecule has 0 bridgehead atoms. The number of nitrogens with zero attached hydrogens (tertiary/aromatic N) is 2. The molecule has 124 valence electrons. The first kappa shape index (κ1) is 15.8. The summed E-state index contributed by atoms with van der Waals surface area (Å²) in [6.07, 6.45) is 2.29. The Morgan fingerprint density at radius 3 is 2.35 bits per heavy atom. The second kappa shape index (κ2) is 6.60. The number of aliphatic carboxylic acids is 1. The lowest BCUT2D eigenvalue weighted by Crippen LogP contribution is -2.41. The summed E-state index contributed by atoms with van der Waals surface area (Å²) >= 11 is 0. The number of benzene rings is 1. The molecule has 1 N–H and O–H groups in total. The van der Waals surface area contributed by atoms with Gasteiger partial charge in [0.25, 0.3) is 0 Å². The summed E-state index contributed by atoms with van der Waals surface area (Å²) in [5.41, 5.74) is 1.23. The Hall–Kier alpha value is -2.04. The molecule has 2 amide bonds. The third-order valence-electron chi connectivity index (χ3n) is 5.28. The minimum absolute atomic E-state index is 0.0715. The van der Waals surface area contributed by atoms with Gasteiger partial charge >= 0.3 is 12.0 Å². The van der Waals surface area contributed by atoms with Gasteiger partial charge in [0.1, 0.15) is 0 Å². The maximum atomic E-state index is 12.5. The maximum Gasteiger partial charge on any atom is 0.319 e. The number of carbonyl (C=O) groups excluding carboxylic acids is 1. The molecule has 1 unspecified atom stereocenters. The van der Waals surface area contributed by atoms with Gasteiger partial charge in [-0.3, -0.25) is 4.79 Å². The summed E-state index contributed by atoms with van der Waals surface area (Å²) in [4.78, 5) is 27.3. The topological polar surface area (TPSA) is 60.9 Å². The quantitative estimate of drug-likeness (QED) is 0.927. The Bertz CT molecular complexity index is 561. The lowest BCUT2D eigenvalue weighted by molar-refractivity contribution is -0.141. The highest BCUT2D eigenvalue weighted by molar-refractivity contribution is 5.75. The van der Waals surface area contributed by atoms with Crippen LogP contribution in [0.2, 0.25) is 0 Å². The molecule has 23 heavy (non-hydrogen) atoms. The van der Waals surface area contributed by atoms with Crippen molar-refractivity contribution in [2.75, 3.05) is 26.7 Å². The number of likely N-dealkylation sites (tertiary alicyclic amines) is 1. The second-order valence-corrected chi connectivity index (χ2v) is 6.87. The number of likely N-dealkylation sites (N-methyl/N-ethyl adjacent to an activating group) is 1. The van der Waals surface area contributed by atoms with E-state index in [1.54, 1.807) is 4.90 Å². The average Bonchev–Trinajstić information content (AvgIpc) is 3.11. The first-order valence-corrected chi connectivity index (χ1v) is 8.31. The van der Waals surface area contributed by atoms with Gasteiger partial charge in [0.05, 0.1) is 5.92 Å². The van der Waals surface area contributed by atoms with Crippen LogP contribution in [-0.2, 0) is 11.2 Å². The van der Waals surface area contributed by atoms with Crippen molar-refractivity contribution in [3.05, 3.63) is 35.9 Å². The van der Waals surface area contributed by atoms with Crippen molar-refractivity contribution in [2.45, 2.75) is 19.3 Å². The number of hydrogen-bond donors (Lipinski definition) is 1. The predicted molar refractivity (Wildman–Crippen MR) is 87.1 cm³/mol. The summed E-state index contributed by atoms with van der Waals surface area (Å²) < 4.78 is 0. The smallest absolute Gasteiger partial charge is 0.319 e. The van der Waals surface area contributed by atoms with Gasteiger partial charge in [0.2, 0.25) is 0 Å². The Kier molecular flexibility index (Phi) is 4.55. The molecule has 3 atom stereocenters. The Balaban J connectivity index is 1.49. The molecule has 5 heteroatoms. The summed E-state index contributed by atoms with van der Waals surface area (Å²) in [6.45, 7) is 2.12. The molecular formula is C18H24N2O3. The van der Waals surface area contributed by atoms with E-state index in [-0.39, 0.29) is 11.9 Å². The molecule has 2 aliphatic rings. The molecule has 0 aromatic heterocycles. The van der Waals surface area contributed by atoms with E-state index < -0.39 is 5.97 Å². The third-order valence-corrected chi connectivity index (χ3v) is 5.28. The van der Waals surface area contributed by atoms with E-state index in [0.717, 1.165) is 19.3 Å². The molecular weight excluding hydrogens is 292 g/mol. The molecule has 1 heterocycles. The molecule has 1 aromatic carbocycles. The number of rotatable bonds is 4. The highest BCUT2D eigenvalue weighted by Gasteiger charge is 2.44. The zero-order valence-corrected chi connectivity index (χ0v) is 13.5. The van der Waals surface area contributed by atoms with Crippen molar-refractivity contribution in [3.63, 3.8) is 0 Å². The summed E-state index contributed by atoms with van der Waals surface area (Å²) in [5, 5.41) is 9.12. The van der Waals surface area contributed by atoms with Gasteiger partial charge in [-0.05, 0) is 36.7 Å². The lowest BCUT2D eigenvalue weighted by Gasteiger charge is -2.25. The number of hydrogen-bond acceptors (Lipinski definition) is 2. The molecule has 3 rings (SSSR count). The number of urea groups is 1. The number of carboxylic acids is 1. The van der Waals surface area contributed by atoms with E-state index in [9.17, 15) is 9.59 Å². The van der Waals surface area contributed by atoms with Crippen molar-refractivity contribution in [1.29, 1.82) is 0 Å². The first-order chi connectivity index (χ1) is 11.0. The summed E-state index contributed by atoms with van der Waals surface area (Å²) in [6, 6.07) is 10.2. The van der Waals surface area contributed by atoms with Crippen LogP contribution in [0.3, 0.4) is 0 Å². The van der Waals surface area contributed by atoms with Crippen molar-refractivity contribution < 1.29 is 14.7 Å². The van der Waals surface area contributed by atoms with Crippen LogP contribution in [0.15, 0.2) is 30.3 Å². The molecule has 2 fully saturated rings. The fourth-order valence-electron chi connectivity index (χ4n) is 3.94. The molecule has 0 spiro atoms. The van der Waals surface area contributed by atoms with Gasteiger partial charge in [-0.2, -0.15) is 0 Å². The Morgan fingerprint density at radius 1 is 1.17 bits per heavy atom. The van der Waals surface area contributed by atoms with Crippen LogP contribution in [0.4, 0.5) is 4.79 Å². The highest BCUT2D eigenvalue weighted by atomic mass is 16.4. The maximum absolute atomic E-state index is 12.5. The van der Waals surface area contributed by atoms with E-state index in [2.05, 4.69) is 12.1 Å². The minimum Gasteiger partial charge on any atom is -0.481 e.